The summed E-state index contributed by atoms with van der Waals surface area (Å²) in [6.07, 6.45) is 3.20. The lowest BCUT2D eigenvalue weighted by Gasteiger charge is -2.34. The molecule has 18 heavy (non-hydrogen) atoms. The highest BCUT2D eigenvalue weighted by atomic mass is 32.2. The standard InChI is InChI=1S/C12H22N2O3S/c1-3-12(6-4-7-13-12)11(15)14(2)10-5-8-18(16,17)9-10/h10,13H,3-9H2,1-2H3. The van der Waals surface area contributed by atoms with Gasteiger partial charge < -0.3 is 10.2 Å². The maximum Gasteiger partial charge on any atom is 0.242 e. The normalized spacial score (nSPS) is 34.7. The molecule has 5 nitrogen and oxygen atoms in total. The Morgan fingerprint density at radius 1 is 1.50 bits per heavy atom. The van der Waals surface area contributed by atoms with Gasteiger partial charge in [-0.15, -0.1) is 0 Å². The maximum absolute atomic E-state index is 12.6. The van der Waals surface area contributed by atoms with Gasteiger partial charge in [-0.2, -0.15) is 0 Å². The summed E-state index contributed by atoms with van der Waals surface area (Å²) in [7, 11) is -1.20. The van der Waals surface area contributed by atoms with Crippen LogP contribution in [0.4, 0.5) is 0 Å². The van der Waals surface area contributed by atoms with Crippen molar-refractivity contribution in [3.05, 3.63) is 0 Å². The van der Waals surface area contributed by atoms with Crippen LogP contribution >= 0.6 is 0 Å². The first-order valence-electron chi connectivity index (χ1n) is 6.63. The van der Waals surface area contributed by atoms with Crippen LogP contribution < -0.4 is 5.32 Å². The van der Waals surface area contributed by atoms with Gasteiger partial charge in [-0.3, -0.25) is 4.79 Å². The van der Waals surface area contributed by atoms with E-state index in [4.69, 9.17) is 0 Å². The largest absolute Gasteiger partial charge is 0.340 e. The van der Waals surface area contributed by atoms with E-state index in [2.05, 4.69) is 5.32 Å². The minimum atomic E-state index is -2.94. The first-order valence-corrected chi connectivity index (χ1v) is 8.45. The number of nitrogens with zero attached hydrogens (tertiary/aromatic N) is 1. The molecule has 2 saturated heterocycles. The molecule has 2 atom stereocenters. The molecule has 2 fully saturated rings. The zero-order valence-corrected chi connectivity index (χ0v) is 11.9. The number of carbonyl (C=O) groups excluding carboxylic acids is 1. The fourth-order valence-electron chi connectivity index (χ4n) is 3.03. The Kier molecular flexibility index (Phi) is 3.69. The lowest BCUT2D eigenvalue weighted by Crippen LogP contribution is -2.56. The summed E-state index contributed by atoms with van der Waals surface area (Å²) in [4.78, 5) is 14.2. The molecule has 0 bridgehead atoms. The third kappa shape index (κ3) is 2.40. The molecule has 2 heterocycles. The fraction of sp³-hybridized carbons (Fsp3) is 0.917. The Hall–Kier alpha value is -0.620. The van der Waals surface area contributed by atoms with Crippen LogP contribution in [0.25, 0.3) is 0 Å². The summed E-state index contributed by atoms with van der Waals surface area (Å²) in [5.41, 5.74) is -0.457. The first-order chi connectivity index (χ1) is 8.40. The van der Waals surface area contributed by atoms with E-state index in [0.717, 1.165) is 25.8 Å². The van der Waals surface area contributed by atoms with Crippen molar-refractivity contribution in [3.63, 3.8) is 0 Å². The number of amides is 1. The summed E-state index contributed by atoms with van der Waals surface area (Å²) in [6.45, 7) is 2.88. The number of likely N-dealkylation sites (N-methyl/N-ethyl adjacent to an activating group) is 1. The molecule has 1 amide bonds. The van der Waals surface area contributed by atoms with Crippen molar-refractivity contribution in [3.8, 4) is 0 Å². The van der Waals surface area contributed by atoms with Crippen molar-refractivity contribution in [1.29, 1.82) is 0 Å². The monoisotopic (exact) mass is 274 g/mol. The molecule has 0 saturated carbocycles. The predicted molar refractivity (Wildman–Crippen MR) is 70.1 cm³/mol. The Bertz CT molecular complexity index is 427. The van der Waals surface area contributed by atoms with E-state index < -0.39 is 15.4 Å². The van der Waals surface area contributed by atoms with Crippen molar-refractivity contribution in [2.45, 2.75) is 44.2 Å². The Balaban J connectivity index is 2.09. The van der Waals surface area contributed by atoms with Gasteiger partial charge in [0.1, 0.15) is 0 Å². The molecule has 2 aliphatic rings. The highest BCUT2D eigenvalue weighted by Crippen LogP contribution is 2.27. The average molecular weight is 274 g/mol. The predicted octanol–water partition coefficient (Wildman–Crippen LogP) is 0.164. The van der Waals surface area contributed by atoms with Crippen LogP contribution in [0.5, 0.6) is 0 Å². The molecule has 0 spiro atoms. The molecule has 1 N–H and O–H groups in total. The van der Waals surface area contributed by atoms with Gasteiger partial charge in [0.25, 0.3) is 0 Å². The van der Waals surface area contributed by atoms with Gasteiger partial charge in [-0.25, -0.2) is 8.42 Å². The summed E-state index contributed by atoms with van der Waals surface area (Å²) < 4.78 is 23.0. The maximum atomic E-state index is 12.6. The number of carbonyl (C=O) groups is 1. The van der Waals surface area contributed by atoms with E-state index in [9.17, 15) is 13.2 Å². The molecule has 6 heteroatoms. The van der Waals surface area contributed by atoms with Crippen LogP contribution in [0.2, 0.25) is 0 Å². The molecule has 0 aliphatic carbocycles. The number of hydrogen-bond acceptors (Lipinski definition) is 4. The Labute approximate surface area is 109 Å². The van der Waals surface area contributed by atoms with Gasteiger partial charge in [-0.05, 0) is 32.2 Å². The van der Waals surface area contributed by atoms with Crippen LogP contribution in [0.15, 0.2) is 0 Å². The highest BCUT2D eigenvalue weighted by molar-refractivity contribution is 7.91. The molecule has 2 rings (SSSR count). The van der Waals surface area contributed by atoms with Crippen molar-refractivity contribution in [1.82, 2.24) is 10.2 Å². The van der Waals surface area contributed by atoms with Gasteiger partial charge in [-0.1, -0.05) is 6.92 Å². The zero-order chi connectivity index (χ0) is 13.4. The van der Waals surface area contributed by atoms with Crippen molar-refractivity contribution < 1.29 is 13.2 Å². The third-order valence-corrected chi connectivity index (χ3v) is 6.08. The fourth-order valence-corrected chi connectivity index (χ4v) is 4.80. The van der Waals surface area contributed by atoms with E-state index in [-0.39, 0.29) is 23.5 Å². The number of sulfone groups is 1. The third-order valence-electron chi connectivity index (χ3n) is 4.33. The van der Waals surface area contributed by atoms with Gasteiger partial charge in [0.05, 0.1) is 17.0 Å². The summed E-state index contributed by atoms with van der Waals surface area (Å²) in [6, 6.07) is -0.145. The lowest BCUT2D eigenvalue weighted by molar-refractivity contribution is -0.138. The van der Waals surface area contributed by atoms with Gasteiger partial charge >= 0.3 is 0 Å². The van der Waals surface area contributed by atoms with E-state index in [1.165, 1.54) is 0 Å². The van der Waals surface area contributed by atoms with E-state index in [1.54, 1.807) is 11.9 Å². The second kappa shape index (κ2) is 4.81. The molecule has 2 aliphatic heterocycles. The zero-order valence-electron chi connectivity index (χ0n) is 11.1. The smallest absolute Gasteiger partial charge is 0.242 e. The second-order valence-corrected chi connectivity index (χ2v) is 7.67. The van der Waals surface area contributed by atoms with Crippen LogP contribution in [-0.2, 0) is 14.6 Å². The summed E-state index contributed by atoms with van der Waals surface area (Å²) in [5, 5.41) is 3.30. The SMILES string of the molecule is CCC1(C(=O)N(C)C2CCS(=O)(=O)C2)CCCN1. The number of nitrogens with one attached hydrogen (secondary N) is 1. The van der Waals surface area contributed by atoms with Crippen molar-refractivity contribution >= 4 is 15.7 Å². The molecule has 104 valence electrons. The lowest BCUT2D eigenvalue weighted by atomic mass is 9.92. The topological polar surface area (TPSA) is 66.5 Å². The number of rotatable bonds is 3. The average Bonchev–Trinajstić information content (AvgIpc) is 2.94. The molecule has 0 radical (unpaired) electrons. The van der Waals surface area contributed by atoms with E-state index in [0.29, 0.717) is 6.42 Å². The molecular formula is C12H22N2O3S. The molecule has 0 aromatic heterocycles. The van der Waals surface area contributed by atoms with E-state index >= 15 is 0 Å². The van der Waals surface area contributed by atoms with Crippen molar-refractivity contribution in [2.75, 3.05) is 25.1 Å². The minimum Gasteiger partial charge on any atom is -0.340 e. The number of hydrogen-bond donors (Lipinski definition) is 1. The first kappa shape index (κ1) is 13.8. The molecule has 0 aromatic rings. The highest BCUT2D eigenvalue weighted by Gasteiger charge is 2.44. The van der Waals surface area contributed by atoms with Crippen molar-refractivity contribution in [2.24, 2.45) is 0 Å². The molecule has 2 unspecified atom stereocenters. The van der Waals surface area contributed by atoms with E-state index in [1.807, 2.05) is 6.92 Å². The van der Waals surface area contributed by atoms with Crippen LogP contribution in [0.3, 0.4) is 0 Å². The summed E-state index contributed by atoms with van der Waals surface area (Å²) >= 11 is 0. The van der Waals surface area contributed by atoms with Crippen LogP contribution in [0.1, 0.15) is 32.6 Å². The van der Waals surface area contributed by atoms with Crippen LogP contribution in [-0.4, -0.2) is 55.9 Å². The molecule has 0 aromatic carbocycles. The minimum absolute atomic E-state index is 0.0598. The Morgan fingerprint density at radius 3 is 2.67 bits per heavy atom. The second-order valence-electron chi connectivity index (χ2n) is 5.44. The van der Waals surface area contributed by atoms with Gasteiger partial charge in [0.2, 0.25) is 5.91 Å². The van der Waals surface area contributed by atoms with Gasteiger partial charge in [0, 0.05) is 13.1 Å². The quantitative estimate of drug-likeness (QED) is 0.796. The van der Waals surface area contributed by atoms with Gasteiger partial charge in [0.15, 0.2) is 9.84 Å². The summed E-state index contributed by atoms with van der Waals surface area (Å²) in [5.74, 6) is 0.390. The molecular weight excluding hydrogens is 252 g/mol. The Morgan fingerprint density at radius 2 is 2.22 bits per heavy atom. The van der Waals surface area contributed by atoms with Crippen LogP contribution in [0, 0.1) is 0 Å².